The number of esters is 2. The standard InChI is InChI=1S/C74H80F2N8O14/c1-95-71(91)63(81-73(93)97-49-53-22-30-57(31-23-53)55-14-5-3-6-15-55)20-9-11-40-77-65(85)45-83(47-67(87)79-42-38-51-26-34-61(75)35-27-51)69(89)59-18-13-19-60(44-59)70(90)84(48-68(88)80-43-39-52-28-36-62(76)37-29-52)46-66(86)78-41-12-10-21-64(72(92)96-2)82-74(94)98-50-54-24-32-58(33-25-54)56-16-7-4-8-17-56/h3-8,13-19,22-37,44,63-64H,9-12,20-21,38-43,45-50H2,1-2H3,(H,77,85)(H,78,86)(H,79,87)(H,80,88)(H,81,93)(H,82,94)/t63-,64-/m0/s1. The highest BCUT2D eigenvalue weighted by Crippen LogP contribution is 2.22. The number of alkyl carbamates (subject to hydrolysis) is 2. The molecule has 0 heterocycles. The van der Waals surface area contributed by atoms with Crippen LogP contribution in [0.2, 0.25) is 0 Å². The van der Waals surface area contributed by atoms with Gasteiger partial charge >= 0.3 is 24.1 Å². The third-order valence-corrected chi connectivity index (χ3v) is 15.5. The van der Waals surface area contributed by atoms with Gasteiger partial charge in [0.05, 0.1) is 14.2 Å². The van der Waals surface area contributed by atoms with Gasteiger partial charge in [0.1, 0.15) is 63.1 Å². The van der Waals surface area contributed by atoms with Crippen molar-refractivity contribution in [3.8, 4) is 22.3 Å². The van der Waals surface area contributed by atoms with E-state index in [-0.39, 0.29) is 63.4 Å². The number of carbonyl (C=O) groups excluding carboxylic acids is 10. The lowest BCUT2D eigenvalue weighted by Crippen LogP contribution is -2.47. The zero-order valence-electron chi connectivity index (χ0n) is 54.6. The van der Waals surface area contributed by atoms with Crippen molar-refractivity contribution in [3.63, 3.8) is 0 Å². The number of hydrogen-bond acceptors (Lipinski definition) is 14. The van der Waals surface area contributed by atoms with Crippen molar-refractivity contribution in [2.75, 3.05) is 66.6 Å². The Labute approximate surface area is 567 Å². The van der Waals surface area contributed by atoms with Crippen LogP contribution >= 0.6 is 0 Å². The number of ether oxygens (including phenoxy) is 4. The lowest BCUT2D eigenvalue weighted by molar-refractivity contribution is -0.144. The van der Waals surface area contributed by atoms with Gasteiger partial charge < -0.3 is 60.6 Å². The highest BCUT2D eigenvalue weighted by Gasteiger charge is 2.28. The van der Waals surface area contributed by atoms with Gasteiger partial charge in [-0.2, -0.15) is 0 Å². The Morgan fingerprint density at radius 2 is 0.704 bits per heavy atom. The Hall–Kier alpha value is -11.3. The summed E-state index contributed by atoms with van der Waals surface area (Å²) in [4.78, 5) is 136. The normalized spacial score (nSPS) is 11.3. The molecule has 24 heteroatoms. The summed E-state index contributed by atoms with van der Waals surface area (Å²) < 4.78 is 47.8. The summed E-state index contributed by atoms with van der Waals surface area (Å²) in [5.41, 5.74) is 6.63. The Balaban J connectivity index is 0.947. The van der Waals surface area contributed by atoms with Crippen molar-refractivity contribution in [1.82, 2.24) is 41.7 Å². The van der Waals surface area contributed by atoms with Gasteiger partial charge in [-0.15, -0.1) is 0 Å². The number of benzene rings is 7. The van der Waals surface area contributed by atoms with E-state index in [9.17, 15) is 56.7 Å². The summed E-state index contributed by atoms with van der Waals surface area (Å²) in [6, 6.07) is 48.9. The third kappa shape index (κ3) is 25.4. The summed E-state index contributed by atoms with van der Waals surface area (Å²) in [7, 11) is 2.36. The predicted molar refractivity (Wildman–Crippen MR) is 360 cm³/mol. The number of halogens is 2. The molecule has 0 aliphatic heterocycles. The smallest absolute Gasteiger partial charge is 0.408 e. The number of nitrogens with zero attached hydrogens (tertiary/aromatic N) is 2. The lowest BCUT2D eigenvalue weighted by atomic mass is 10.0. The van der Waals surface area contributed by atoms with Crippen LogP contribution < -0.4 is 31.9 Å². The second kappa shape index (κ2) is 39.5. The molecular weight excluding hydrogens is 1260 g/mol. The van der Waals surface area contributed by atoms with Gasteiger partial charge in [-0.05, 0) is 138 Å². The van der Waals surface area contributed by atoms with E-state index in [2.05, 4.69) is 31.9 Å². The fourth-order valence-electron chi connectivity index (χ4n) is 10.2. The van der Waals surface area contributed by atoms with E-state index in [0.717, 1.165) is 54.3 Å². The predicted octanol–water partition coefficient (Wildman–Crippen LogP) is 8.41. The molecule has 7 rings (SSSR count). The molecule has 8 amide bonds. The quantitative estimate of drug-likeness (QED) is 0.0122. The molecule has 2 atom stereocenters. The summed E-state index contributed by atoms with van der Waals surface area (Å²) >= 11 is 0. The van der Waals surface area contributed by atoms with Crippen molar-refractivity contribution in [2.24, 2.45) is 0 Å². The number of carbonyl (C=O) groups is 10. The molecule has 7 aromatic carbocycles. The molecule has 0 saturated heterocycles. The second-order valence-corrected chi connectivity index (χ2v) is 22.8. The Morgan fingerprint density at radius 3 is 1.05 bits per heavy atom. The van der Waals surface area contributed by atoms with E-state index < -0.39 is 109 Å². The highest BCUT2D eigenvalue weighted by molar-refractivity contribution is 6.03. The summed E-state index contributed by atoms with van der Waals surface area (Å²) in [6.07, 6.45) is 0.372. The van der Waals surface area contributed by atoms with Gasteiger partial charge in [-0.1, -0.05) is 140 Å². The molecule has 0 spiro atoms. The molecular formula is C74H80F2N8O14. The number of nitrogens with one attached hydrogen (secondary N) is 6. The molecule has 22 nitrogen and oxygen atoms in total. The summed E-state index contributed by atoms with van der Waals surface area (Å²) in [6.45, 7) is -2.38. The Bertz CT molecular complexity index is 3530. The molecule has 0 fully saturated rings. The molecule has 7 aromatic rings. The van der Waals surface area contributed by atoms with E-state index in [4.69, 9.17) is 18.9 Å². The van der Waals surface area contributed by atoms with Crippen LogP contribution in [0.25, 0.3) is 22.3 Å². The third-order valence-electron chi connectivity index (χ3n) is 15.5. The van der Waals surface area contributed by atoms with Gasteiger partial charge in [0, 0.05) is 37.3 Å². The molecule has 0 saturated carbocycles. The van der Waals surface area contributed by atoms with E-state index in [1.165, 1.54) is 62.8 Å². The van der Waals surface area contributed by atoms with Gasteiger partial charge in [0.25, 0.3) is 11.8 Å². The Kier molecular flexibility index (Phi) is 29.9. The minimum Gasteiger partial charge on any atom is -0.467 e. The molecule has 6 N–H and O–H groups in total. The number of methoxy groups -OCH3 is 2. The maximum Gasteiger partial charge on any atom is 0.408 e. The number of unbranched alkanes of at least 4 members (excludes halogenated alkanes) is 2. The van der Waals surface area contributed by atoms with E-state index in [1.807, 2.05) is 109 Å². The van der Waals surface area contributed by atoms with Crippen molar-refractivity contribution in [1.29, 1.82) is 0 Å². The minimum atomic E-state index is -1.08. The Morgan fingerprint density at radius 1 is 0.378 bits per heavy atom. The maximum absolute atomic E-state index is 14.5. The first-order valence-electron chi connectivity index (χ1n) is 32.0. The number of amides is 8. The van der Waals surface area contributed by atoms with Gasteiger partial charge in [0.2, 0.25) is 23.6 Å². The van der Waals surface area contributed by atoms with Crippen LogP contribution in [-0.2, 0) is 73.8 Å². The molecule has 0 aliphatic carbocycles. The second-order valence-electron chi connectivity index (χ2n) is 22.8. The first-order chi connectivity index (χ1) is 47.4. The van der Waals surface area contributed by atoms with Crippen LogP contribution in [0.4, 0.5) is 18.4 Å². The van der Waals surface area contributed by atoms with Crippen LogP contribution in [0.5, 0.6) is 0 Å². The van der Waals surface area contributed by atoms with E-state index in [0.29, 0.717) is 38.5 Å². The first-order valence-corrected chi connectivity index (χ1v) is 32.0. The maximum atomic E-state index is 14.5. The first kappa shape index (κ1) is 74.1. The van der Waals surface area contributed by atoms with Crippen molar-refractivity contribution < 1.29 is 75.7 Å². The fourth-order valence-corrected chi connectivity index (χ4v) is 10.2. The zero-order chi connectivity index (χ0) is 70.0. The average molecular weight is 1340 g/mol. The lowest BCUT2D eigenvalue weighted by Gasteiger charge is -2.24. The van der Waals surface area contributed by atoms with Crippen molar-refractivity contribution in [2.45, 2.75) is 76.7 Å². The van der Waals surface area contributed by atoms with Gasteiger partial charge in [-0.3, -0.25) is 28.8 Å². The highest BCUT2D eigenvalue weighted by atomic mass is 19.1. The van der Waals surface area contributed by atoms with Crippen LogP contribution in [0.3, 0.4) is 0 Å². The van der Waals surface area contributed by atoms with Crippen LogP contribution in [0.1, 0.15) is 81.5 Å². The van der Waals surface area contributed by atoms with Crippen LogP contribution in [0.15, 0.2) is 182 Å². The molecule has 0 aromatic heterocycles. The largest absolute Gasteiger partial charge is 0.467 e. The molecule has 0 unspecified atom stereocenters. The average Bonchev–Trinajstić information content (AvgIpc) is 0.838. The summed E-state index contributed by atoms with van der Waals surface area (Å²) in [5.74, 6) is -6.64. The van der Waals surface area contributed by atoms with Gasteiger partial charge in [0.15, 0.2) is 0 Å². The number of hydrogen-bond donors (Lipinski definition) is 6. The molecule has 0 aliphatic rings. The van der Waals surface area contributed by atoms with Crippen molar-refractivity contribution >= 4 is 59.6 Å². The zero-order valence-corrected chi connectivity index (χ0v) is 54.6. The fraction of sp³-hybridized carbons (Fsp3) is 0.297. The van der Waals surface area contributed by atoms with Crippen LogP contribution in [0, 0.1) is 11.6 Å². The van der Waals surface area contributed by atoms with E-state index >= 15 is 0 Å². The topological polar surface area (TPSA) is 286 Å². The molecule has 0 radical (unpaired) electrons. The molecule has 98 heavy (non-hydrogen) atoms. The monoisotopic (exact) mass is 1340 g/mol. The summed E-state index contributed by atoms with van der Waals surface area (Å²) in [5, 5.41) is 15.9. The SMILES string of the molecule is COC(=O)[C@H](CCCCNC(=O)CN(CC(=O)NCCc1ccc(F)cc1)C(=O)c1cccc(C(=O)N(CC(=O)NCCCC[C@H](NC(=O)OCc2ccc(-c3ccccc3)cc2)C(=O)OC)CC(=O)NCCc2ccc(F)cc2)c1)NC(=O)OCc1ccc(-c2ccccc2)cc1. The van der Waals surface area contributed by atoms with Crippen LogP contribution in [-0.4, -0.2) is 148 Å². The minimum absolute atomic E-state index is 0.0495. The van der Waals surface area contributed by atoms with Gasteiger partial charge in [-0.25, -0.2) is 28.0 Å². The van der Waals surface area contributed by atoms with E-state index in [1.54, 1.807) is 24.3 Å². The molecule has 514 valence electrons. The number of rotatable bonds is 36. The molecule has 0 bridgehead atoms. The van der Waals surface area contributed by atoms with Crippen molar-refractivity contribution in [3.05, 3.63) is 227 Å².